The van der Waals surface area contributed by atoms with Gasteiger partial charge in [-0.1, -0.05) is 44.0 Å². The third-order valence-corrected chi connectivity index (χ3v) is 7.80. The molecule has 38 heavy (non-hydrogen) atoms. The van der Waals surface area contributed by atoms with E-state index in [0.29, 0.717) is 6.79 Å². The molecule has 3 aromatic carbocycles. The normalized spacial score (nSPS) is 13.0. The van der Waals surface area contributed by atoms with E-state index in [1.54, 1.807) is 7.11 Å². The van der Waals surface area contributed by atoms with Gasteiger partial charge < -0.3 is 36.5 Å². The minimum Gasteiger partial charge on any atom is -1.00 e. The van der Waals surface area contributed by atoms with Crippen molar-refractivity contribution >= 4 is 16.5 Å². The van der Waals surface area contributed by atoms with Crippen LogP contribution < -0.4 is 41.1 Å². The number of ether oxygens (including phenoxy) is 3. The van der Waals surface area contributed by atoms with Crippen LogP contribution in [0.4, 0.5) is 5.69 Å². The number of nitrogens with zero attached hydrogens (tertiary/aromatic N) is 1. The smallest absolute Gasteiger partial charge is 0.231 e. The minimum absolute atomic E-state index is 0. The van der Waals surface area contributed by atoms with Gasteiger partial charge in [0.2, 0.25) is 12.5 Å². The molecule has 0 aliphatic carbocycles. The maximum atomic E-state index is 5.84. The average Bonchev–Trinajstić information content (AvgIpc) is 3.38. The van der Waals surface area contributed by atoms with Crippen LogP contribution in [0.2, 0.25) is 0 Å². The molecule has 0 saturated heterocycles. The molecule has 1 aromatic heterocycles. The Kier molecular flexibility index (Phi) is 7.80. The van der Waals surface area contributed by atoms with Gasteiger partial charge in [-0.05, 0) is 54.3 Å². The topological polar surface area (TPSA) is 43.6 Å². The van der Waals surface area contributed by atoms with Gasteiger partial charge in [0.25, 0.3) is 0 Å². The van der Waals surface area contributed by atoms with Crippen LogP contribution in [0, 0.1) is 6.92 Å². The summed E-state index contributed by atoms with van der Waals surface area (Å²) in [6.07, 6.45) is 7.71. The molecule has 0 radical (unpaired) electrons. The first-order chi connectivity index (χ1) is 18.2. The monoisotopic (exact) mass is 574 g/mol. The van der Waals surface area contributed by atoms with Gasteiger partial charge in [0.15, 0.2) is 24.2 Å². The minimum atomic E-state index is 0. The van der Waals surface area contributed by atoms with Gasteiger partial charge in [-0.2, -0.15) is 4.57 Å². The summed E-state index contributed by atoms with van der Waals surface area (Å²) in [5.74, 6) is 2.59. The summed E-state index contributed by atoms with van der Waals surface area (Å²) in [6, 6.07) is 17.4. The van der Waals surface area contributed by atoms with Crippen molar-refractivity contribution in [2.75, 3.05) is 25.8 Å². The van der Waals surface area contributed by atoms with Crippen molar-refractivity contribution in [2.24, 2.45) is 0 Å². The van der Waals surface area contributed by atoms with Gasteiger partial charge in [-0.15, -0.1) is 0 Å². The third kappa shape index (κ3) is 4.71. The Morgan fingerprint density at radius 3 is 2.61 bits per heavy atom. The van der Waals surface area contributed by atoms with Crippen LogP contribution in [0.1, 0.15) is 48.4 Å². The summed E-state index contributed by atoms with van der Waals surface area (Å²) in [7, 11) is 1.76. The van der Waals surface area contributed by atoms with Crippen molar-refractivity contribution in [3.8, 4) is 28.5 Å². The Morgan fingerprint density at radius 1 is 1.00 bits per heavy atom. The van der Waals surface area contributed by atoms with Gasteiger partial charge in [0.05, 0.1) is 23.7 Å². The summed E-state index contributed by atoms with van der Waals surface area (Å²) < 4.78 is 19.8. The van der Waals surface area contributed by atoms with E-state index in [1.165, 1.54) is 57.1 Å². The SMILES string of the molecule is CCCCCNc1c(OC)ccc2c(Cc3ccccc3C)c3[n+](cc12)CCc1cc2c(cc1-3)OCO2.[Br-]. The Balaban J connectivity index is 0.00000294. The van der Waals surface area contributed by atoms with Gasteiger partial charge in [0.1, 0.15) is 5.75 Å². The van der Waals surface area contributed by atoms with E-state index in [9.17, 15) is 0 Å². The fraction of sp³-hybridized carbons (Fsp3) is 0.344. The van der Waals surface area contributed by atoms with Crippen LogP contribution in [-0.4, -0.2) is 20.4 Å². The predicted octanol–water partition coefficient (Wildman–Crippen LogP) is 3.59. The quantitative estimate of drug-likeness (QED) is 0.258. The molecule has 0 bridgehead atoms. The van der Waals surface area contributed by atoms with Crippen LogP contribution in [0.3, 0.4) is 0 Å². The molecule has 0 atom stereocenters. The number of aryl methyl sites for hydroxylation is 3. The number of rotatable bonds is 8. The number of unbranched alkanes of at least 4 members (excludes halogenated alkanes) is 2. The summed E-state index contributed by atoms with van der Waals surface area (Å²) in [5, 5.41) is 6.21. The van der Waals surface area contributed by atoms with Crippen LogP contribution in [0.5, 0.6) is 17.2 Å². The van der Waals surface area contributed by atoms with Crippen LogP contribution in [-0.2, 0) is 19.4 Å². The molecule has 4 aromatic rings. The summed E-state index contributed by atoms with van der Waals surface area (Å²) in [5.41, 5.74) is 8.93. The van der Waals surface area contributed by atoms with E-state index >= 15 is 0 Å². The fourth-order valence-corrected chi connectivity index (χ4v) is 5.78. The summed E-state index contributed by atoms with van der Waals surface area (Å²) >= 11 is 0. The second-order valence-electron chi connectivity index (χ2n) is 10.1. The molecule has 0 spiro atoms. The number of fused-ring (bicyclic) bond motifs is 5. The fourth-order valence-electron chi connectivity index (χ4n) is 5.78. The van der Waals surface area contributed by atoms with Gasteiger partial charge in [-0.3, -0.25) is 0 Å². The van der Waals surface area contributed by atoms with Crippen LogP contribution in [0.25, 0.3) is 22.0 Å². The van der Waals surface area contributed by atoms with E-state index in [4.69, 9.17) is 14.2 Å². The second kappa shape index (κ2) is 11.2. The first-order valence-electron chi connectivity index (χ1n) is 13.4. The van der Waals surface area contributed by atoms with E-state index in [0.717, 1.165) is 55.3 Å². The maximum Gasteiger partial charge on any atom is 0.231 e. The Labute approximate surface area is 235 Å². The average molecular weight is 576 g/mol. The molecule has 3 heterocycles. The number of hydrogen-bond acceptors (Lipinski definition) is 4. The molecule has 0 amide bonds. The lowest BCUT2D eigenvalue weighted by Gasteiger charge is -2.22. The lowest BCUT2D eigenvalue weighted by atomic mass is 9.88. The molecule has 6 rings (SSSR count). The van der Waals surface area contributed by atoms with Crippen LogP contribution in [0.15, 0.2) is 54.7 Å². The van der Waals surface area contributed by atoms with E-state index in [2.05, 4.69) is 78.5 Å². The molecule has 1 N–H and O–H groups in total. The zero-order valence-electron chi connectivity index (χ0n) is 22.4. The second-order valence-corrected chi connectivity index (χ2v) is 10.1. The number of halogens is 1. The van der Waals surface area contributed by atoms with Gasteiger partial charge in [0, 0.05) is 30.3 Å². The number of methoxy groups -OCH3 is 1. The molecule has 6 heteroatoms. The summed E-state index contributed by atoms with van der Waals surface area (Å²) in [4.78, 5) is 0. The molecule has 198 valence electrons. The molecule has 0 saturated carbocycles. The number of benzene rings is 3. The third-order valence-electron chi connectivity index (χ3n) is 7.80. The predicted molar refractivity (Wildman–Crippen MR) is 148 cm³/mol. The molecular formula is C32H35BrN2O3. The highest BCUT2D eigenvalue weighted by Gasteiger charge is 2.32. The largest absolute Gasteiger partial charge is 1.00 e. The zero-order valence-corrected chi connectivity index (χ0v) is 24.0. The molecule has 0 unspecified atom stereocenters. The van der Waals surface area contributed by atoms with E-state index in [-0.39, 0.29) is 17.0 Å². The molecule has 0 fully saturated rings. The highest BCUT2D eigenvalue weighted by molar-refractivity contribution is 6.00. The standard InChI is InChI=1S/C32H34N2O3.BrH/c1-4-5-8-14-33-31-27-19-34-15-13-23-17-29-30(37-20-36-29)18-25(23)32(34)26(24(27)11-12-28(31)35-3)16-22-10-7-6-9-21(22)2;/h6-7,9-12,17-19H,4-5,8,13-16,20H2,1-3H3;1H. The number of aromatic nitrogens is 1. The highest BCUT2D eigenvalue weighted by atomic mass is 79.9. The van der Waals surface area contributed by atoms with Crippen LogP contribution >= 0.6 is 0 Å². The van der Waals surface area contributed by atoms with Gasteiger partial charge in [-0.25, -0.2) is 0 Å². The molecular weight excluding hydrogens is 540 g/mol. The Morgan fingerprint density at radius 2 is 1.82 bits per heavy atom. The Bertz CT molecular complexity index is 1480. The van der Waals surface area contributed by atoms with Crippen molar-refractivity contribution in [3.63, 3.8) is 0 Å². The van der Waals surface area contributed by atoms with Crippen molar-refractivity contribution in [2.45, 2.75) is 52.5 Å². The van der Waals surface area contributed by atoms with E-state index in [1.807, 2.05) is 0 Å². The number of nitrogens with one attached hydrogen (secondary N) is 1. The van der Waals surface area contributed by atoms with Crippen molar-refractivity contribution < 1.29 is 35.8 Å². The van der Waals surface area contributed by atoms with E-state index < -0.39 is 0 Å². The zero-order chi connectivity index (χ0) is 25.4. The number of hydrogen-bond donors (Lipinski definition) is 1. The van der Waals surface area contributed by atoms with Gasteiger partial charge >= 0.3 is 0 Å². The Hall–Kier alpha value is -3.25. The molecule has 5 nitrogen and oxygen atoms in total. The first kappa shape index (κ1) is 26.4. The van der Waals surface area contributed by atoms with Crippen molar-refractivity contribution in [3.05, 3.63) is 77.0 Å². The number of anilines is 1. The first-order valence-corrected chi connectivity index (χ1v) is 13.4. The molecule has 2 aliphatic rings. The lowest BCUT2D eigenvalue weighted by Crippen LogP contribution is -3.00. The highest BCUT2D eigenvalue weighted by Crippen LogP contribution is 2.43. The van der Waals surface area contributed by atoms with Crippen molar-refractivity contribution in [1.82, 2.24) is 0 Å². The molecule has 2 aliphatic heterocycles. The summed E-state index contributed by atoms with van der Waals surface area (Å²) in [6.45, 7) is 6.59. The number of pyridine rings is 1. The maximum absolute atomic E-state index is 5.84. The van der Waals surface area contributed by atoms with Crippen molar-refractivity contribution in [1.29, 1.82) is 0 Å². The lowest BCUT2D eigenvalue weighted by molar-refractivity contribution is -0.686.